The molecule has 0 fully saturated rings. The van der Waals surface area contributed by atoms with Crippen molar-refractivity contribution in [1.82, 2.24) is 9.88 Å². The molecule has 156 valence electrons. The summed E-state index contributed by atoms with van der Waals surface area (Å²) in [7, 11) is 0. The van der Waals surface area contributed by atoms with Gasteiger partial charge in [0.1, 0.15) is 11.5 Å². The molecule has 0 saturated carbocycles. The molecule has 0 aliphatic carbocycles. The second-order valence-electron chi connectivity index (χ2n) is 6.70. The highest BCUT2D eigenvalue weighted by Crippen LogP contribution is 2.33. The van der Waals surface area contributed by atoms with Gasteiger partial charge in [0.05, 0.1) is 12.2 Å². The minimum absolute atomic E-state index is 0.0605. The number of ether oxygens (including phenoxy) is 1. The SMILES string of the molecule is CCCN(CCC)C(=O)C(=O)c1[nH]c(C)c(C(=O)OCC)c1-c1ccccc1F. The number of H-pyrrole nitrogens is 1. The maximum Gasteiger partial charge on any atom is 0.340 e. The summed E-state index contributed by atoms with van der Waals surface area (Å²) >= 11 is 0. The number of hydrogen-bond donors (Lipinski definition) is 1. The third kappa shape index (κ3) is 4.72. The second kappa shape index (κ2) is 10.0. The van der Waals surface area contributed by atoms with Crippen LogP contribution in [0.4, 0.5) is 4.39 Å². The summed E-state index contributed by atoms with van der Waals surface area (Å²) in [6, 6.07) is 5.83. The first-order valence-corrected chi connectivity index (χ1v) is 9.85. The van der Waals surface area contributed by atoms with Gasteiger partial charge in [-0.3, -0.25) is 9.59 Å². The number of Topliss-reactive ketones (excluding diaryl/α,β-unsaturated/α-hetero) is 1. The zero-order chi connectivity index (χ0) is 21.6. The van der Waals surface area contributed by atoms with Gasteiger partial charge in [-0.2, -0.15) is 0 Å². The van der Waals surface area contributed by atoms with Gasteiger partial charge in [0, 0.05) is 29.9 Å². The lowest BCUT2D eigenvalue weighted by Gasteiger charge is -2.20. The van der Waals surface area contributed by atoms with Crippen LogP contribution in [0.2, 0.25) is 0 Å². The molecule has 1 heterocycles. The third-order valence-electron chi connectivity index (χ3n) is 4.51. The van der Waals surface area contributed by atoms with Crippen molar-refractivity contribution in [2.75, 3.05) is 19.7 Å². The van der Waals surface area contributed by atoms with Gasteiger partial charge < -0.3 is 14.6 Å². The van der Waals surface area contributed by atoms with Gasteiger partial charge in [-0.05, 0) is 32.8 Å². The van der Waals surface area contributed by atoms with Crippen molar-refractivity contribution in [3.63, 3.8) is 0 Å². The largest absolute Gasteiger partial charge is 0.462 e. The first-order valence-electron chi connectivity index (χ1n) is 9.85. The molecule has 0 spiro atoms. The molecule has 0 radical (unpaired) electrons. The summed E-state index contributed by atoms with van der Waals surface area (Å²) in [6.07, 6.45) is 1.41. The molecule has 0 atom stereocenters. The van der Waals surface area contributed by atoms with Gasteiger partial charge in [0.2, 0.25) is 0 Å². The van der Waals surface area contributed by atoms with Crippen molar-refractivity contribution in [1.29, 1.82) is 0 Å². The van der Waals surface area contributed by atoms with Crippen LogP contribution in [0.25, 0.3) is 11.1 Å². The standard InChI is InChI=1S/C22H27FN2O4/c1-5-12-25(13-6-2)21(27)20(26)19-18(15-10-8-9-11-16(15)23)17(14(4)24-19)22(28)29-7-3/h8-11,24H,5-7,12-13H2,1-4H3. The Morgan fingerprint density at radius 1 is 1.07 bits per heavy atom. The number of carbonyl (C=O) groups excluding carboxylic acids is 3. The number of aromatic amines is 1. The fraction of sp³-hybridized carbons (Fsp3) is 0.409. The molecule has 6 nitrogen and oxygen atoms in total. The smallest absolute Gasteiger partial charge is 0.340 e. The Balaban J connectivity index is 2.64. The molecular formula is C22H27FN2O4. The van der Waals surface area contributed by atoms with Crippen LogP contribution in [0, 0.1) is 12.7 Å². The fourth-order valence-corrected chi connectivity index (χ4v) is 3.29. The van der Waals surface area contributed by atoms with Crippen LogP contribution in [-0.4, -0.2) is 47.2 Å². The Hall–Kier alpha value is -2.96. The molecular weight excluding hydrogens is 375 g/mol. The number of ketones is 1. The van der Waals surface area contributed by atoms with E-state index in [-0.39, 0.29) is 29.0 Å². The molecule has 1 amide bonds. The van der Waals surface area contributed by atoms with Crippen LogP contribution in [0.3, 0.4) is 0 Å². The lowest BCUT2D eigenvalue weighted by atomic mass is 9.97. The Morgan fingerprint density at radius 3 is 2.24 bits per heavy atom. The monoisotopic (exact) mass is 402 g/mol. The molecule has 0 bridgehead atoms. The van der Waals surface area contributed by atoms with E-state index in [1.165, 1.54) is 23.1 Å². The molecule has 0 unspecified atom stereocenters. The van der Waals surface area contributed by atoms with Crippen LogP contribution in [0.1, 0.15) is 60.2 Å². The predicted molar refractivity (Wildman–Crippen MR) is 108 cm³/mol. The zero-order valence-electron chi connectivity index (χ0n) is 17.3. The highest BCUT2D eigenvalue weighted by atomic mass is 19.1. The number of carbonyl (C=O) groups is 3. The number of rotatable bonds is 9. The highest BCUT2D eigenvalue weighted by molar-refractivity contribution is 6.43. The predicted octanol–water partition coefficient (Wildman–Crippen LogP) is 4.14. The van der Waals surface area contributed by atoms with Gasteiger partial charge in [0.25, 0.3) is 11.7 Å². The third-order valence-corrected chi connectivity index (χ3v) is 4.51. The number of benzene rings is 1. The molecule has 29 heavy (non-hydrogen) atoms. The Labute approximate surface area is 170 Å². The molecule has 2 rings (SSSR count). The lowest BCUT2D eigenvalue weighted by molar-refractivity contribution is -0.126. The van der Waals surface area contributed by atoms with E-state index in [1.54, 1.807) is 19.9 Å². The molecule has 1 aromatic carbocycles. The number of aromatic nitrogens is 1. The van der Waals surface area contributed by atoms with E-state index in [4.69, 9.17) is 4.74 Å². The normalized spacial score (nSPS) is 10.7. The molecule has 0 aliphatic heterocycles. The molecule has 2 aromatic rings. The minimum Gasteiger partial charge on any atom is -0.462 e. The molecule has 0 saturated heterocycles. The Bertz CT molecular complexity index is 898. The maximum atomic E-state index is 14.6. The average molecular weight is 402 g/mol. The zero-order valence-corrected chi connectivity index (χ0v) is 17.3. The van der Waals surface area contributed by atoms with Crippen molar-refractivity contribution < 1.29 is 23.5 Å². The van der Waals surface area contributed by atoms with Crippen LogP contribution < -0.4 is 0 Å². The van der Waals surface area contributed by atoms with Crippen molar-refractivity contribution in [2.24, 2.45) is 0 Å². The van der Waals surface area contributed by atoms with E-state index in [0.29, 0.717) is 31.6 Å². The van der Waals surface area contributed by atoms with E-state index < -0.39 is 23.5 Å². The summed E-state index contributed by atoms with van der Waals surface area (Å²) < 4.78 is 19.7. The number of esters is 1. The van der Waals surface area contributed by atoms with Gasteiger partial charge in [-0.25, -0.2) is 9.18 Å². The first kappa shape index (κ1) is 22.3. The summed E-state index contributed by atoms with van der Waals surface area (Å²) in [4.78, 5) is 42.8. The number of nitrogens with one attached hydrogen (secondary N) is 1. The van der Waals surface area contributed by atoms with Crippen LogP contribution in [-0.2, 0) is 9.53 Å². The van der Waals surface area contributed by atoms with E-state index >= 15 is 0 Å². The van der Waals surface area contributed by atoms with Crippen molar-refractivity contribution in [3.8, 4) is 11.1 Å². The topological polar surface area (TPSA) is 79.5 Å². The Kier molecular flexibility index (Phi) is 7.70. The van der Waals surface area contributed by atoms with Crippen molar-refractivity contribution in [2.45, 2.75) is 40.5 Å². The second-order valence-corrected chi connectivity index (χ2v) is 6.70. The summed E-state index contributed by atoms with van der Waals surface area (Å²) in [6.45, 7) is 8.10. The number of nitrogens with zero attached hydrogens (tertiary/aromatic N) is 1. The van der Waals surface area contributed by atoms with E-state index in [9.17, 15) is 18.8 Å². The lowest BCUT2D eigenvalue weighted by Crippen LogP contribution is -2.38. The number of halogens is 1. The van der Waals surface area contributed by atoms with E-state index in [0.717, 1.165) is 0 Å². The summed E-state index contributed by atoms with van der Waals surface area (Å²) in [5.74, 6) is -2.76. The molecule has 0 aliphatic rings. The maximum absolute atomic E-state index is 14.6. The van der Waals surface area contributed by atoms with Crippen LogP contribution in [0.15, 0.2) is 24.3 Å². The van der Waals surface area contributed by atoms with Crippen LogP contribution >= 0.6 is 0 Å². The molecule has 1 N–H and O–H groups in total. The molecule has 7 heteroatoms. The summed E-state index contributed by atoms with van der Waals surface area (Å²) in [5, 5.41) is 0. The number of aryl methyl sites for hydroxylation is 1. The average Bonchev–Trinajstić information content (AvgIpc) is 3.04. The quantitative estimate of drug-likeness (QED) is 0.388. The van der Waals surface area contributed by atoms with E-state index in [1.807, 2.05) is 13.8 Å². The number of hydrogen-bond acceptors (Lipinski definition) is 4. The molecule has 1 aromatic heterocycles. The van der Waals surface area contributed by atoms with Gasteiger partial charge >= 0.3 is 5.97 Å². The highest BCUT2D eigenvalue weighted by Gasteiger charge is 2.32. The minimum atomic E-state index is -0.802. The number of amides is 1. The summed E-state index contributed by atoms with van der Waals surface area (Å²) in [5.41, 5.74) is 0.429. The van der Waals surface area contributed by atoms with Crippen molar-refractivity contribution >= 4 is 17.7 Å². The van der Waals surface area contributed by atoms with Crippen molar-refractivity contribution in [3.05, 3.63) is 47.0 Å². The Morgan fingerprint density at radius 2 is 1.69 bits per heavy atom. The first-order chi connectivity index (χ1) is 13.9. The van der Waals surface area contributed by atoms with E-state index in [2.05, 4.69) is 4.98 Å². The fourth-order valence-electron chi connectivity index (χ4n) is 3.29. The van der Waals surface area contributed by atoms with Gasteiger partial charge in [-0.15, -0.1) is 0 Å². The van der Waals surface area contributed by atoms with Gasteiger partial charge in [-0.1, -0.05) is 32.0 Å². The van der Waals surface area contributed by atoms with Crippen LogP contribution in [0.5, 0.6) is 0 Å². The van der Waals surface area contributed by atoms with Gasteiger partial charge in [0.15, 0.2) is 0 Å².